The predicted octanol–water partition coefficient (Wildman–Crippen LogP) is 2.81. The van der Waals surface area contributed by atoms with Crippen LogP contribution in [0, 0.1) is 3.57 Å². The third kappa shape index (κ3) is 2.84. The number of rotatable bonds is 3. The summed E-state index contributed by atoms with van der Waals surface area (Å²) < 4.78 is 0.757. The molecule has 13 heavy (non-hydrogen) atoms. The number of carbonyl (C=O) groups is 1. The Bertz CT molecular complexity index is 325. The van der Waals surface area contributed by atoms with Gasteiger partial charge in [-0.2, -0.15) is 0 Å². The zero-order valence-electron chi connectivity index (χ0n) is 6.76. The third-order valence-electron chi connectivity index (χ3n) is 1.57. The van der Waals surface area contributed by atoms with Crippen LogP contribution in [0.15, 0.2) is 18.2 Å². The van der Waals surface area contributed by atoms with Gasteiger partial charge in [0, 0.05) is 21.4 Å². The van der Waals surface area contributed by atoms with E-state index in [-0.39, 0.29) is 11.5 Å². The maximum absolute atomic E-state index is 11.4. The number of ketones is 1. The molecule has 0 saturated heterocycles. The summed E-state index contributed by atoms with van der Waals surface area (Å²) in [5, 5.41) is 9.11. The Morgan fingerprint density at radius 1 is 1.54 bits per heavy atom. The molecule has 1 rings (SSSR count). The fourth-order valence-corrected chi connectivity index (χ4v) is 1.92. The molecule has 0 fully saturated rings. The first-order chi connectivity index (χ1) is 6.15. The van der Waals surface area contributed by atoms with Gasteiger partial charge in [0.2, 0.25) is 0 Å². The number of benzene rings is 1. The summed E-state index contributed by atoms with van der Waals surface area (Å²) in [6.45, 7) is 0. The molecule has 1 N–H and O–H groups in total. The van der Waals surface area contributed by atoms with Gasteiger partial charge in [0.15, 0.2) is 5.78 Å². The van der Waals surface area contributed by atoms with Gasteiger partial charge in [-0.25, -0.2) is 0 Å². The van der Waals surface area contributed by atoms with Gasteiger partial charge in [-0.3, -0.25) is 4.79 Å². The molecule has 0 amide bonds. The van der Waals surface area contributed by atoms with Crippen LogP contribution in [0.5, 0.6) is 5.75 Å². The van der Waals surface area contributed by atoms with Crippen molar-refractivity contribution in [2.45, 2.75) is 6.42 Å². The highest BCUT2D eigenvalue weighted by Crippen LogP contribution is 2.19. The molecule has 0 aromatic heterocycles. The molecule has 0 heterocycles. The summed E-state index contributed by atoms with van der Waals surface area (Å²) in [6.07, 6.45) is 0.336. The van der Waals surface area contributed by atoms with E-state index >= 15 is 0 Å². The lowest BCUT2D eigenvalue weighted by Gasteiger charge is -2.02. The Balaban J connectivity index is 2.95. The molecule has 0 aliphatic heterocycles. The fraction of sp³-hybridized carbons (Fsp3) is 0.222. The van der Waals surface area contributed by atoms with Crippen molar-refractivity contribution in [2.75, 3.05) is 5.88 Å². The maximum atomic E-state index is 11.4. The van der Waals surface area contributed by atoms with Crippen LogP contribution in [-0.4, -0.2) is 16.8 Å². The molecule has 0 radical (unpaired) electrons. The summed E-state index contributed by atoms with van der Waals surface area (Å²) in [4.78, 5) is 11.4. The van der Waals surface area contributed by atoms with Crippen LogP contribution < -0.4 is 0 Å². The van der Waals surface area contributed by atoms with Gasteiger partial charge < -0.3 is 5.11 Å². The standard InChI is InChI=1S/C9H8ClIO2/c10-4-3-9(13)7-2-1-6(12)5-8(7)11/h1-2,5,12H,3-4H2. The van der Waals surface area contributed by atoms with Gasteiger partial charge in [0.05, 0.1) is 0 Å². The van der Waals surface area contributed by atoms with E-state index < -0.39 is 0 Å². The van der Waals surface area contributed by atoms with Crippen LogP contribution in [0.2, 0.25) is 0 Å². The Hall–Kier alpha value is -0.290. The molecule has 0 saturated carbocycles. The molecule has 0 bridgehead atoms. The van der Waals surface area contributed by atoms with Gasteiger partial charge in [-0.05, 0) is 40.8 Å². The van der Waals surface area contributed by atoms with Gasteiger partial charge in [-0.15, -0.1) is 11.6 Å². The average molecular weight is 311 g/mol. The highest BCUT2D eigenvalue weighted by Gasteiger charge is 2.09. The first-order valence-electron chi connectivity index (χ1n) is 3.73. The SMILES string of the molecule is O=C(CCCl)c1ccc(O)cc1I. The van der Waals surface area contributed by atoms with E-state index in [1.54, 1.807) is 12.1 Å². The molecule has 70 valence electrons. The number of Topliss-reactive ketones (excluding diaryl/α,β-unsaturated/α-hetero) is 1. The lowest BCUT2D eigenvalue weighted by atomic mass is 10.1. The molecular formula is C9H8ClIO2. The summed E-state index contributed by atoms with van der Waals surface area (Å²) in [7, 11) is 0. The van der Waals surface area contributed by atoms with Crippen LogP contribution in [0.3, 0.4) is 0 Å². The monoisotopic (exact) mass is 310 g/mol. The highest BCUT2D eigenvalue weighted by molar-refractivity contribution is 14.1. The van der Waals surface area contributed by atoms with Gasteiger partial charge in [0.25, 0.3) is 0 Å². The maximum Gasteiger partial charge on any atom is 0.165 e. The van der Waals surface area contributed by atoms with Crippen molar-refractivity contribution in [3.05, 3.63) is 27.3 Å². The van der Waals surface area contributed by atoms with E-state index in [1.165, 1.54) is 6.07 Å². The second-order valence-electron chi connectivity index (χ2n) is 2.53. The van der Waals surface area contributed by atoms with Crippen molar-refractivity contribution in [2.24, 2.45) is 0 Å². The summed E-state index contributed by atoms with van der Waals surface area (Å²) in [5.41, 5.74) is 0.624. The number of aromatic hydroxyl groups is 1. The van der Waals surface area contributed by atoms with Crippen molar-refractivity contribution >= 4 is 40.0 Å². The van der Waals surface area contributed by atoms with Crippen molar-refractivity contribution in [3.8, 4) is 5.75 Å². The van der Waals surface area contributed by atoms with Crippen molar-refractivity contribution in [1.29, 1.82) is 0 Å². The second-order valence-corrected chi connectivity index (χ2v) is 4.07. The quantitative estimate of drug-likeness (QED) is 0.529. The van der Waals surface area contributed by atoms with Crippen molar-refractivity contribution in [1.82, 2.24) is 0 Å². The number of alkyl halides is 1. The van der Waals surface area contributed by atoms with E-state index in [4.69, 9.17) is 16.7 Å². The number of halogens is 2. The topological polar surface area (TPSA) is 37.3 Å². The smallest absolute Gasteiger partial charge is 0.165 e. The molecule has 0 unspecified atom stereocenters. The Morgan fingerprint density at radius 3 is 2.77 bits per heavy atom. The Labute approximate surface area is 95.0 Å². The Kier molecular flexibility index (Phi) is 3.99. The van der Waals surface area contributed by atoms with E-state index in [0.29, 0.717) is 17.9 Å². The molecule has 0 aliphatic rings. The first-order valence-corrected chi connectivity index (χ1v) is 5.34. The molecular weight excluding hydrogens is 302 g/mol. The number of phenols is 1. The molecule has 4 heteroatoms. The minimum atomic E-state index is 0.0133. The minimum absolute atomic E-state index is 0.0133. The zero-order chi connectivity index (χ0) is 9.84. The van der Waals surface area contributed by atoms with Gasteiger partial charge in [0.1, 0.15) is 5.75 Å². The minimum Gasteiger partial charge on any atom is -0.508 e. The number of carbonyl (C=O) groups excluding carboxylic acids is 1. The van der Waals surface area contributed by atoms with E-state index in [0.717, 1.165) is 3.57 Å². The van der Waals surface area contributed by atoms with E-state index in [9.17, 15) is 4.79 Å². The average Bonchev–Trinajstić information content (AvgIpc) is 2.04. The largest absolute Gasteiger partial charge is 0.508 e. The molecule has 2 nitrogen and oxygen atoms in total. The summed E-state index contributed by atoms with van der Waals surface area (Å²) >= 11 is 7.47. The fourth-order valence-electron chi connectivity index (χ4n) is 0.951. The second kappa shape index (κ2) is 4.81. The van der Waals surface area contributed by atoms with Crippen molar-refractivity contribution in [3.63, 3.8) is 0 Å². The molecule has 0 aliphatic carbocycles. The zero-order valence-corrected chi connectivity index (χ0v) is 9.67. The number of hydrogen-bond donors (Lipinski definition) is 1. The predicted molar refractivity (Wildman–Crippen MR) is 60.5 cm³/mol. The lowest BCUT2D eigenvalue weighted by Crippen LogP contribution is -2.01. The van der Waals surface area contributed by atoms with Crippen LogP contribution >= 0.6 is 34.2 Å². The normalized spacial score (nSPS) is 10.0. The van der Waals surface area contributed by atoms with Gasteiger partial charge in [-0.1, -0.05) is 0 Å². The van der Waals surface area contributed by atoms with E-state index in [1.807, 2.05) is 22.6 Å². The first kappa shape index (κ1) is 10.8. The third-order valence-corrected chi connectivity index (χ3v) is 2.66. The van der Waals surface area contributed by atoms with Crippen molar-refractivity contribution < 1.29 is 9.90 Å². The number of hydrogen-bond acceptors (Lipinski definition) is 2. The summed E-state index contributed by atoms with van der Waals surface area (Å²) in [5.74, 6) is 0.515. The summed E-state index contributed by atoms with van der Waals surface area (Å²) in [6, 6.07) is 4.68. The van der Waals surface area contributed by atoms with Gasteiger partial charge >= 0.3 is 0 Å². The van der Waals surface area contributed by atoms with Crippen LogP contribution in [0.1, 0.15) is 16.8 Å². The molecule has 1 aromatic rings. The molecule has 0 spiro atoms. The number of phenolic OH excluding ortho intramolecular Hbond substituents is 1. The highest BCUT2D eigenvalue weighted by atomic mass is 127. The van der Waals surface area contributed by atoms with E-state index in [2.05, 4.69) is 0 Å². The van der Waals surface area contributed by atoms with Crippen LogP contribution in [-0.2, 0) is 0 Å². The molecule has 0 atom stereocenters. The lowest BCUT2D eigenvalue weighted by molar-refractivity contribution is 0.0988. The molecule has 1 aromatic carbocycles. The van der Waals surface area contributed by atoms with Crippen LogP contribution in [0.25, 0.3) is 0 Å². The Morgan fingerprint density at radius 2 is 2.23 bits per heavy atom. The van der Waals surface area contributed by atoms with Crippen LogP contribution in [0.4, 0.5) is 0 Å².